The Morgan fingerprint density at radius 1 is 1.04 bits per heavy atom. The number of hydrogen-bond donors (Lipinski definition) is 0. The van der Waals surface area contributed by atoms with Gasteiger partial charge in [0.2, 0.25) is 0 Å². The van der Waals surface area contributed by atoms with Crippen molar-refractivity contribution in [1.82, 2.24) is 4.90 Å². The van der Waals surface area contributed by atoms with Crippen molar-refractivity contribution >= 4 is 16.6 Å². The van der Waals surface area contributed by atoms with Crippen molar-refractivity contribution in [1.29, 1.82) is 0 Å². The zero-order chi connectivity index (χ0) is 16.1. The highest BCUT2D eigenvalue weighted by Gasteiger charge is 2.17. The summed E-state index contributed by atoms with van der Waals surface area (Å²) in [6.45, 7) is 3.10. The second-order valence-corrected chi connectivity index (χ2v) is 6.29. The van der Waals surface area contributed by atoms with Crippen LogP contribution in [0.1, 0.15) is 42.5 Å². The third-order valence-electron chi connectivity index (χ3n) is 4.74. The number of ketones is 1. The molecule has 122 valence electrons. The molecule has 0 amide bonds. The second-order valence-electron chi connectivity index (χ2n) is 6.29. The number of methoxy groups -OCH3 is 1. The lowest BCUT2D eigenvalue weighted by Crippen LogP contribution is -2.27. The third-order valence-corrected chi connectivity index (χ3v) is 4.74. The molecule has 23 heavy (non-hydrogen) atoms. The maximum absolute atomic E-state index is 12.9. The maximum atomic E-state index is 12.9. The Bertz CT molecular complexity index is 672. The number of likely N-dealkylation sites (tertiary alicyclic amines) is 1. The lowest BCUT2D eigenvalue weighted by molar-refractivity contribution is 0.0963. The molecule has 0 bridgehead atoms. The fraction of sp³-hybridized carbons (Fsp3) is 0.450. The zero-order valence-corrected chi connectivity index (χ0v) is 13.9. The quantitative estimate of drug-likeness (QED) is 0.771. The Kier molecular flexibility index (Phi) is 5.29. The van der Waals surface area contributed by atoms with E-state index in [0.717, 1.165) is 36.0 Å². The van der Waals surface area contributed by atoms with Crippen LogP contribution in [-0.2, 0) is 0 Å². The summed E-state index contributed by atoms with van der Waals surface area (Å²) in [4.78, 5) is 15.3. The molecule has 0 spiro atoms. The van der Waals surface area contributed by atoms with Crippen LogP contribution in [0.3, 0.4) is 0 Å². The molecular formula is C20H25NO2. The van der Waals surface area contributed by atoms with E-state index in [1.165, 1.54) is 25.7 Å². The highest BCUT2D eigenvalue weighted by molar-refractivity contribution is 6.10. The Balaban J connectivity index is 1.79. The van der Waals surface area contributed by atoms with Crippen molar-refractivity contribution < 1.29 is 9.53 Å². The van der Waals surface area contributed by atoms with Crippen LogP contribution in [0.4, 0.5) is 0 Å². The highest BCUT2D eigenvalue weighted by atomic mass is 16.5. The average Bonchev–Trinajstić information content (AvgIpc) is 2.87. The van der Waals surface area contributed by atoms with Gasteiger partial charge < -0.3 is 9.64 Å². The van der Waals surface area contributed by atoms with Crippen molar-refractivity contribution in [3.8, 4) is 5.75 Å². The van der Waals surface area contributed by atoms with Gasteiger partial charge in [0.1, 0.15) is 5.75 Å². The van der Waals surface area contributed by atoms with Crippen LogP contribution in [0.15, 0.2) is 36.4 Å². The highest BCUT2D eigenvalue weighted by Crippen LogP contribution is 2.29. The van der Waals surface area contributed by atoms with Crippen LogP contribution in [0.25, 0.3) is 10.8 Å². The molecule has 3 rings (SSSR count). The average molecular weight is 311 g/mol. The summed E-state index contributed by atoms with van der Waals surface area (Å²) in [6, 6.07) is 12.0. The van der Waals surface area contributed by atoms with E-state index in [4.69, 9.17) is 4.74 Å². The smallest absolute Gasteiger partial charge is 0.168 e. The Labute approximate surface area is 138 Å². The normalized spacial score (nSPS) is 16.2. The Morgan fingerprint density at radius 3 is 2.52 bits per heavy atom. The molecule has 0 aliphatic carbocycles. The van der Waals surface area contributed by atoms with E-state index >= 15 is 0 Å². The first-order chi connectivity index (χ1) is 11.3. The number of ether oxygens (including phenoxy) is 1. The second kappa shape index (κ2) is 7.60. The summed E-state index contributed by atoms with van der Waals surface area (Å²) in [6.07, 6.45) is 5.71. The molecule has 2 aromatic rings. The molecule has 0 atom stereocenters. The van der Waals surface area contributed by atoms with E-state index < -0.39 is 0 Å². The molecule has 0 radical (unpaired) electrons. The van der Waals surface area contributed by atoms with Crippen LogP contribution in [-0.4, -0.2) is 37.4 Å². The fourth-order valence-electron chi connectivity index (χ4n) is 3.45. The molecule has 1 fully saturated rings. The predicted octanol–water partition coefficient (Wildman–Crippen LogP) is 4.30. The van der Waals surface area contributed by atoms with Crippen LogP contribution in [0, 0.1) is 0 Å². The van der Waals surface area contributed by atoms with Gasteiger partial charge in [-0.25, -0.2) is 0 Å². The molecule has 1 saturated heterocycles. The molecule has 2 aromatic carbocycles. The van der Waals surface area contributed by atoms with Gasteiger partial charge in [0.05, 0.1) is 12.7 Å². The monoisotopic (exact) mass is 311 g/mol. The molecule has 0 aromatic heterocycles. The zero-order valence-electron chi connectivity index (χ0n) is 13.9. The summed E-state index contributed by atoms with van der Waals surface area (Å²) >= 11 is 0. The Morgan fingerprint density at radius 2 is 1.78 bits per heavy atom. The van der Waals surface area contributed by atoms with E-state index in [9.17, 15) is 4.79 Å². The molecule has 0 unspecified atom stereocenters. The molecule has 3 nitrogen and oxygen atoms in total. The summed E-state index contributed by atoms with van der Waals surface area (Å²) < 4.78 is 5.45. The third kappa shape index (κ3) is 3.73. The van der Waals surface area contributed by atoms with E-state index in [2.05, 4.69) is 4.90 Å². The maximum Gasteiger partial charge on any atom is 0.168 e. The van der Waals surface area contributed by atoms with E-state index in [-0.39, 0.29) is 5.78 Å². The molecule has 1 aliphatic heterocycles. The number of carbonyl (C=O) groups is 1. The van der Waals surface area contributed by atoms with E-state index in [0.29, 0.717) is 12.2 Å². The molecule has 1 heterocycles. The van der Waals surface area contributed by atoms with Crippen molar-refractivity contribution in [2.45, 2.75) is 32.1 Å². The van der Waals surface area contributed by atoms with Gasteiger partial charge in [0, 0.05) is 13.0 Å². The van der Waals surface area contributed by atoms with Gasteiger partial charge in [-0.2, -0.15) is 0 Å². The number of benzene rings is 2. The van der Waals surface area contributed by atoms with Gasteiger partial charge in [-0.15, -0.1) is 0 Å². The molecule has 1 aliphatic rings. The first kappa shape index (κ1) is 16.0. The summed E-state index contributed by atoms with van der Waals surface area (Å²) in [5, 5.41) is 2.08. The lowest BCUT2D eigenvalue weighted by atomic mass is 9.98. The van der Waals surface area contributed by atoms with Gasteiger partial charge in [0.15, 0.2) is 5.78 Å². The van der Waals surface area contributed by atoms with E-state index in [1.54, 1.807) is 7.11 Å². The number of nitrogens with zero attached hydrogens (tertiary/aromatic N) is 1. The number of hydrogen-bond acceptors (Lipinski definition) is 3. The van der Waals surface area contributed by atoms with E-state index in [1.807, 2.05) is 36.4 Å². The van der Waals surface area contributed by atoms with Crippen molar-refractivity contribution in [3.05, 3.63) is 42.0 Å². The van der Waals surface area contributed by atoms with Gasteiger partial charge in [-0.1, -0.05) is 43.2 Å². The first-order valence-electron chi connectivity index (χ1n) is 8.61. The van der Waals surface area contributed by atoms with Crippen molar-refractivity contribution in [3.63, 3.8) is 0 Å². The first-order valence-corrected chi connectivity index (χ1v) is 8.61. The molecule has 3 heteroatoms. The Hall–Kier alpha value is -1.87. The number of Topliss-reactive ketones (excluding diaryl/α,β-unsaturated/α-hetero) is 1. The molecule has 0 saturated carbocycles. The van der Waals surface area contributed by atoms with Crippen molar-refractivity contribution in [2.24, 2.45) is 0 Å². The van der Waals surface area contributed by atoms with Gasteiger partial charge >= 0.3 is 0 Å². The molecule has 0 N–H and O–H groups in total. The largest absolute Gasteiger partial charge is 0.496 e. The van der Waals surface area contributed by atoms with Crippen LogP contribution in [0.2, 0.25) is 0 Å². The van der Waals surface area contributed by atoms with Crippen LogP contribution < -0.4 is 4.74 Å². The topological polar surface area (TPSA) is 29.5 Å². The summed E-state index contributed by atoms with van der Waals surface area (Å²) in [5.74, 6) is 0.868. The SMILES string of the molecule is COc1ccc2ccccc2c1C(=O)CCN1CCCCCC1. The summed E-state index contributed by atoms with van der Waals surface area (Å²) in [5.41, 5.74) is 0.737. The van der Waals surface area contributed by atoms with Gasteiger partial charge in [0.25, 0.3) is 0 Å². The predicted molar refractivity (Wildman–Crippen MR) is 94.4 cm³/mol. The van der Waals surface area contributed by atoms with Crippen LogP contribution in [0.5, 0.6) is 5.75 Å². The number of fused-ring (bicyclic) bond motifs is 1. The molecular weight excluding hydrogens is 286 g/mol. The van der Waals surface area contributed by atoms with Gasteiger partial charge in [-0.3, -0.25) is 4.79 Å². The number of rotatable bonds is 5. The number of carbonyl (C=O) groups excluding carboxylic acids is 1. The fourth-order valence-corrected chi connectivity index (χ4v) is 3.45. The van der Waals surface area contributed by atoms with Crippen molar-refractivity contribution in [2.75, 3.05) is 26.7 Å². The minimum atomic E-state index is 0.183. The summed E-state index contributed by atoms with van der Waals surface area (Å²) in [7, 11) is 1.63. The van der Waals surface area contributed by atoms with Gasteiger partial charge in [-0.05, 0) is 42.8 Å². The van der Waals surface area contributed by atoms with Crippen LogP contribution >= 0.6 is 0 Å². The lowest BCUT2D eigenvalue weighted by Gasteiger charge is -2.19. The minimum Gasteiger partial charge on any atom is -0.496 e. The standard InChI is InChI=1S/C20H25NO2/c1-23-19-11-10-16-8-4-5-9-17(16)20(19)18(22)12-15-21-13-6-2-3-7-14-21/h4-5,8-11H,2-3,6-7,12-15H2,1H3. The minimum absolute atomic E-state index is 0.183.